The van der Waals surface area contributed by atoms with Gasteiger partial charge in [-0.1, -0.05) is 0 Å². The first kappa shape index (κ1) is 18.1. The molecular formula is C14H20F2N4O4. The van der Waals surface area contributed by atoms with Gasteiger partial charge in [0.2, 0.25) is 0 Å². The lowest BCUT2D eigenvalue weighted by Crippen LogP contribution is -2.48. The second kappa shape index (κ2) is 6.00. The Morgan fingerprint density at radius 2 is 2.17 bits per heavy atom. The fourth-order valence-electron chi connectivity index (χ4n) is 2.59. The molecule has 134 valence electrons. The SMILES string of the molecule is CC(C)(C)OC(=O)N1C(n2ccc(N)nc2=O)C(F)(F)C[C@H]1CO. The Bertz CT molecular complexity index is 686. The first-order valence-electron chi connectivity index (χ1n) is 7.31. The molecule has 0 radical (unpaired) electrons. The van der Waals surface area contributed by atoms with Crippen LogP contribution in [0.15, 0.2) is 17.1 Å². The molecule has 1 fully saturated rings. The molecule has 24 heavy (non-hydrogen) atoms. The number of aliphatic hydroxyl groups excluding tert-OH is 1. The number of nitrogen functional groups attached to an aromatic ring is 1. The second-order valence-corrected chi connectivity index (χ2v) is 6.61. The summed E-state index contributed by atoms with van der Waals surface area (Å²) in [5.74, 6) is -3.58. The third-order valence-corrected chi connectivity index (χ3v) is 3.47. The van der Waals surface area contributed by atoms with Gasteiger partial charge in [0.15, 0.2) is 6.17 Å². The molecule has 2 rings (SSSR count). The van der Waals surface area contributed by atoms with Crippen LogP contribution in [0.3, 0.4) is 0 Å². The van der Waals surface area contributed by atoms with Crippen molar-refractivity contribution in [3.05, 3.63) is 22.7 Å². The van der Waals surface area contributed by atoms with Crippen molar-refractivity contribution in [2.75, 3.05) is 12.3 Å². The summed E-state index contributed by atoms with van der Waals surface area (Å²) in [6, 6.07) is -0.0129. The van der Waals surface area contributed by atoms with Crippen LogP contribution in [0.4, 0.5) is 19.4 Å². The Hall–Kier alpha value is -2.23. The van der Waals surface area contributed by atoms with Gasteiger partial charge in [0.25, 0.3) is 5.92 Å². The average molecular weight is 346 g/mol. The number of rotatable bonds is 2. The molecule has 0 spiro atoms. The minimum Gasteiger partial charge on any atom is -0.444 e. The minimum atomic E-state index is -3.45. The van der Waals surface area contributed by atoms with E-state index in [1.165, 1.54) is 6.07 Å². The highest BCUT2D eigenvalue weighted by Gasteiger charge is 2.58. The lowest BCUT2D eigenvalue weighted by atomic mass is 10.2. The molecule has 0 aromatic carbocycles. The summed E-state index contributed by atoms with van der Waals surface area (Å²) in [7, 11) is 0. The molecule has 1 unspecified atom stereocenters. The number of nitrogens with zero attached hydrogens (tertiary/aromatic N) is 3. The van der Waals surface area contributed by atoms with Gasteiger partial charge >= 0.3 is 11.8 Å². The molecule has 2 atom stereocenters. The number of amides is 1. The van der Waals surface area contributed by atoms with Gasteiger partial charge in [-0.05, 0) is 26.8 Å². The second-order valence-electron chi connectivity index (χ2n) is 6.61. The van der Waals surface area contributed by atoms with Gasteiger partial charge in [0.05, 0.1) is 12.6 Å². The predicted octanol–water partition coefficient (Wildman–Crippen LogP) is 0.961. The zero-order chi connectivity index (χ0) is 18.3. The van der Waals surface area contributed by atoms with Crippen molar-refractivity contribution >= 4 is 11.9 Å². The number of likely N-dealkylation sites (tertiary alicyclic amines) is 1. The van der Waals surface area contributed by atoms with Gasteiger partial charge in [-0.15, -0.1) is 0 Å². The van der Waals surface area contributed by atoms with Gasteiger partial charge in [-0.3, -0.25) is 9.47 Å². The molecule has 10 heteroatoms. The highest BCUT2D eigenvalue weighted by molar-refractivity contribution is 5.69. The van der Waals surface area contributed by atoms with Crippen LogP contribution >= 0.6 is 0 Å². The zero-order valence-corrected chi connectivity index (χ0v) is 13.6. The maximum atomic E-state index is 14.5. The Morgan fingerprint density at radius 1 is 1.54 bits per heavy atom. The summed E-state index contributed by atoms with van der Waals surface area (Å²) >= 11 is 0. The van der Waals surface area contributed by atoms with E-state index in [1.807, 2.05) is 0 Å². The summed E-state index contributed by atoms with van der Waals surface area (Å²) in [6.07, 6.45) is -2.76. The van der Waals surface area contributed by atoms with E-state index in [9.17, 15) is 23.5 Å². The Kier molecular flexibility index (Phi) is 4.53. The van der Waals surface area contributed by atoms with Crippen molar-refractivity contribution < 1.29 is 23.4 Å². The molecule has 0 aliphatic carbocycles. The standard InChI is InChI=1S/C14H20F2N4O4/c1-13(2,3)24-12(23)20-8(7-21)6-14(15,16)10(20)19-5-4-9(17)18-11(19)22/h4-5,8,10,21H,6-7H2,1-3H3,(H2,17,18,22)/t8-,10?/m0/s1. The summed E-state index contributed by atoms with van der Waals surface area (Å²) < 4.78 is 34.7. The van der Waals surface area contributed by atoms with Gasteiger partial charge in [0, 0.05) is 12.6 Å². The topological polar surface area (TPSA) is 111 Å². The molecule has 1 saturated heterocycles. The Balaban J connectivity index is 2.50. The maximum Gasteiger partial charge on any atom is 0.412 e. The number of halogens is 2. The Labute approximate surface area is 136 Å². The summed E-state index contributed by atoms with van der Waals surface area (Å²) in [6.45, 7) is 4.06. The molecule has 0 bridgehead atoms. The van der Waals surface area contributed by atoms with E-state index in [0.29, 0.717) is 9.47 Å². The molecule has 8 nitrogen and oxygen atoms in total. The summed E-state index contributed by atoms with van der Waals surface area (Å²) in [5, 5.41) is 9.39. The Morgan fingerprint density at radius 3 is 2.67 bits per heavy atom. The van der Waals surface area contributed by atoms with E-state index in [4.69, 9.17) is 10.5 Å². The number of aliphatic hydroxyl groups is 1. The number of carbonyl (C=O) groups excluding carboxylic acids is 1. The largest absolute Gasteiger partial charge is 0.444 e. The lowest BCUT2D eigenvalue weighted by Gasteiger charge is -2.33. The van der Waals surface area contributed by atoms with Crippen molar-refractivity contribution in [2.24, 2.45) is 0 Å². The quantitative estimate of drug-likeness (QED) is 0.825. The fourth-order valence-corrected chi connectivity index (χ4v) is 2.59. The molecule has 1 aromatic heterocycles. The van der Waals surface area contributed by atoms with Gasteiger partial charge in [-0.2, -0.15) is 4.98 Å². The van der Waals surface area contributed by atoms with E-state index >= 15 is 0 Å². The number of hydrogen-bond acceptors (Lipinski definition) is 6. The number of hydrogen-bond donors (Lipinski definition) is 2. The maximum absolute atomic E-state index is 14.5. The normalized spacial score (nSPS) is 23.3. The van der Waals surface area contributed by atoms with Crippen molar-refractivity contribution in [1.82, 2.24) is 14.5 Å². The molecule has 3 N–H and O–H groups in total. The van der Waals surface area contributed by atoms with Crippen LogP contribution in [-0.2, 0) is 4.74 Å². The van der Waals surface area contributed by atoms with Crippen molar-refractivity contribution in [1.29, 1.82) is 0 Å². The van der Waals surface area contributed by atoms with Crippen molar-refractivity contribution in [3.63, 3.8) is 0 Å². The van der Waals surface area contributed by atoms with Crippen LogP contribution in [0, 0.1) is 0 Å². The van der Waals surface area contributed by atoms with E-state index in [1.54, 1.807) is 20.8 Å². The zero-order valence-electron chi connectivity index (χ0n) is 13.6. The van der Waals surface area contributed by atoms with Crippen LogP contribution in [0.25, 0.3) is 0 Å². The number of ether oxygens (including phenoxy) is 1. The number of anilines is 1. The van der Waals surface area contributed by atoms with Crippen LogP contribution in [0.5, 0.6) is 0 Å². The van der Waals surface area contributed by atoms with E-state index in [2.05, 4.69) is 4.98 Å². The van der Waals surface area contributed by atoms with Crippen molar-refractivity contribution in [2.45, 2.75) is 50.9 Å². The molecular weight excluding hydrogens is 326 g/mol. The fraction of sp³-hybridized carbons (Fsp3) is 0.643. The van der Waals surface area contributed by atoms with Crippen molar-refractivity contribution in [3.8, 4) is 0 Å². The lowest BCUT2D eigenvalue weighted by molar-refractivity contribution is -0.0709. The molecule has 0 saturated carbocycles. The third kappa shape index (κ3) is 3.48. The van der Waals surface area contributed by atoms with Crippen LogP contribution in [0.2, 0.25) is 0 Å². The molecule has 1 aromatic rings. The van der Waals surface area contributed by atoms with Crippen LogP contribution in [-0.4, -0.2) is 49.8 Å². The van der Waals surface area contributed by atoms with Gasteiger partial charge in [0.1, 0.15) is 11.4 Å². The number of carbonyl (C=O) groups is 1. The number of aromatic nitrogens is 2. The van der Waals surface area contributed by atoms with E-state index in [0.717, 1.165) is 6.20 Å². The first-order chi connectivity index (χ1) is 11.0. The first-order valence-corrected chi connectivity index (χ1v) is 7.31. The van der Waals surface area contributed by atoms with E-state index < -0.39 is 48.5 Å². The number of alkyl halides is 2. The molecule has 2 heterocycles. The molecule has 1 aliphatic heterocycles. The minimum absolute atomic E-state index is 0.125. The number of nitrogens with two attached hydrogens (primary N) is 1. The van der Waals surface area contributed by atoms with Crippen LogP contribution in [0.1, 0.15) is 33.4 Å². The molecule has 1 aliphatic rings. The van der Waals surface area contributed by atoms with Gasteiger partial charge < -0.3 is 15.6 Å². The summed E-state index contributed by atoms with van der Waals surface area (Å²) in [5.41, 5.74) is 3.42. The summed E-state index contributed by atoms with van der Waals surface area (Å²) in [4.78, 5) is 28.4. The average Bonchev–Trinajstić information content (AvgIpc) is 2.68. The van der Waals surface area contributed by atoms with E-state index in [-0.39, 0.29) is 5.82 Å². The van der Waals surface area contributed by atoms with Gasteiger partial charge in [-0.25, -0.2) is 18.4 Å². The highest BCUT2D eigenvalue weighted by Crippen LogP contribution is 2.44. The highest BCUT2D eigenvalue weighted by atomic mass is 19.3. The predicted molar refractivity (Wildman–Crippen MR) is 80.5 cm³/mol. The molecule has 1 amide bonds. The monoisotopic (exact) mass is 346 g/mol. The third-order valence-electron chi connectivity index (χ3n) is 3.47. The smallest absolute Gasteiger partial charge is 0.412 e. The van der Waals surface area contributed by atoms with Crippen LogP contribution < -0.4 is 11.4 Å².